The summed E-state index contributed by atoms with van der Waals surface area (Å²) in [6, 6.07) is 0.374. The Hall–Kier alpha value is -0.250. The maximum Gasteiger partial charge on any atom is 0.0860 e. The SMILES string of the molecule is Cc1nn(C)c(CNC(C)CC(C)Cl)c1Cl. The third kappa shape index (κ3) is 3.65. The molecular formula is C11H19Cl2N3. The summed E-state index contributed by atoms with van der Waals surface area (Å²) in [6.45, 7) is 6.76. The van der Waals surface area contributed by atoms with Gasteiger partial charge in [-0.2, -0.15) is 5.10 Å². The van der Waals surface area contributed by atoms with Crippen LogP contribution in [-0.2, 0) is 13.6 Å². The Bertz CT molecular complexity index is 347. The van der Waals surface area contributed by atoms with E-state index < -0.39 is 0 Å². The number of hydrogen-bond acceptors (Lipinski definition) is 2. The van der Waals surface area contributed by atoms with Crippen molar-refractivity contribution in [1.29, 1.82) is 0 Å². The summed E-state index contributed by atoms with van der Waals surface area (Å²) in [6.07, 6.45) is 0.940. The van der Waals surface area contributed by atoms with Crippen LogP contribution in [0.5, 0.6) is 0 Å². The van der Waals surface area contributed by atoms with Crippen LogP contribution in [0.1, 0.15) is 31.7 Å². The number of hydrogen-bond donors (Lipinski definition) is 1. The summed E-state index contributed by atoms with van der Waals surface area (Å²) in [5, 5.41) is 8.60. The average molecular weight is 264 g/mol. The van der Waals surface area contributed by atoms with E-state index in [0.29, 0.717) is 6.04 Å². The van der Waals surface area contributed by atoms with Crippen molar-refractivity contribution in [1.82, 2.24) is 15.1 Å². The molecule has 0 aliphatic carbocycles. The van der Waals surface area contributed by atoms with Crippen molar-refractivity contribution in [2.45, 2.75) is 45.2 Å². The standard InChI is InChI=1S/C11H19Cl2N3/c1-7(12)5-8(2)14-6-10-11(13)9(3)15-16(10)4/h7-8,14H,5-6H2,1-4H3. The quantitative estimate of drug-likeness (QED) is 0.829. The minimum Gasteiger partial charge on any atom is -0.309 e. The van der Waals surface area contributed by atoms with Gasteiger partial charge < -0.3 is 5.32 Å². The first-order valence-corrected chi connectivity index (χ1v) is 6.28. The molecule has 0 aliphatic heterocycles. The molecule has 92 valence electrons. The summed E-state index contributed by atoms with van der Waals surface area (Å²) in [4.78, 5) is 0. The molecule has 3 nitrogen and oxygen atoms in total. The lowest BCUT2D eigenvalue weighted by molar-refractivity contribution is 0.497. The summed E-state index contributed by atoms with van der Waals surface area (Å²) in [5.74, 6) is 0. The highest BCUT2D eigenvalue weighted by atomic mass is 35.5. The van der Waals surface area contributed by atoms with Crippen LogP contribution in [0.4, 0.5) is 0 Å². The molecule has 0 spiro atoms. The van der Waals surface area contributed by atoms with Crippen LogP contribution in [0.3, 0.4) is 0 Å². The van der Waals surface area contributed by atoms with E-state index >= 15 is 0 Å². The molecule has 1 N–H and O–H groups in total. The molecule has 5 heteroatoms. The van der Waals surface area contributed by atoms with Crippen LogP contribution in [0, 0.1) is 6.92 Å². The second kappa shape index (κ2) is 5.89. The normalized spacial score (nSPS) is 15.1. The Kier molecular flexibility index (Phi) is 5.09. The van der Waals surface area contributed by atoms with Crippen molar-refractivity contribution >= 4 is 23.2 Å². The van der Waals surface area contributed by atoms with E-state index in [1.165, 1.54) is 0 Å². The van der Waals surface area contributed by atoms with Gasteiger partial charge in [0.05, 0.1) is 16.4 Å². The number of aryl methyl sites for hydroxylation is 2. The number of alkyl halides is 1. The fourth-order valence-corrected chi connectivity index (χ4v) is 2.21. The first kappa shape index (κ1) is 13.8. The molecule has 0 radical (unpaired) electrons. The van der Waals surface area contributed by atoms with Gasteiger partial charge in [0, 0.05) is 25.0 Å². The Morgan fingerprint density at radius 3 is 2.50 bits per heavy atom. The van der Waals surface area contributed by atoms with Crippen LogP contribution in [-0.4, -0.2) is 21.2 Å². The second-order valence-corrected chi connectivity index (χ2v) is 5.39. The van der Waals surface area contributed by atoms with Crippen molar-refractivity contribution in [3.05, 3.63) is 16.4 Å². The molecule has 0 saturated carbocycles. The number of nitrogens with zero attached hydrogens (tertiary/aromatic N) is 2. The van der Waals surface area contributed by atoms with Crippen molar-refractivity contribution in [3.63, 3.8) is 0 Å². The van der Waals surface area contributed by atoms with Crippen LogP contribution in [0.15, 0.2) is 0 Å². The number of halogens is 2. The Balaban J connectivity index is 2.54. The van der Waals surface area contributed by atoms with Crippen molar-refractivity contribution in [2.24, 2.45) is 7.05 Å². The zero-order chi connectivity index (χ0) is 12.3. The van der Waals surface area contributed by atoms with E-state index in [2.05, 4.69) is 17.3 Å². The zero-order valence-electron chi connectivity index (χ0n) is 10.2. The van der Waals surface area contributed by atoms with Gasteiger partial charge in [-0.1, -0.05) is 11.6 Å². The summed E-state index contributed by atoms with van der Waals surface area (Å²) < 4.78 is 1.82. The van der Waals surface area contributed by atoms with Gasteiger partial charge in [-0.15, -0.1) is 11.6 Å². The topological polar surface area (TPSA) is 29.9 Å². The fraction of sp³-hybridized carbons (Fsp3) is 0.727. The molecule has 1 heterocycles. The van der Waals surface area contributed by atoms with E-state index in [1.54, 1.807) is 0 Å². The molecular weight excluding hydrogens is 245 g/mol. The van der Waals surface area contributed by atoms with Gasteiger partial charge in [-0.05, 0) is 27.2 Å². The minimum absolute atomic E-state index is 0.186. The van der Waals surface area contributed by atoms with Crippen LogP contribution >= 0.6 is 23.2 Å². The van der Waals surface area contributed by atoms with Crippen LogP contribution in [0.25, 0.3) is 0 Å². The van der Waals surface area contributed by atoms with Gasteiger partial charge in [-0.25, -0.2) is 0 Å². The third-order valence-electron chi connectivity index (χ3n) is 2.56. The van der Waals surface area contributed by atoms with Crippen molar-refractivity contribution in [3.8, 4) is 0 Å². The first-order chi connectivity index (χ1) is 7.41. The number of rotatable bonds is 5. The van der Waals surface area contributed by atoms with E-state index in [4.69, 9.17) is 23.2 Å². The van der Waals surface area contributed by atoms with Crippen molar-refractivity contribution < 1.29 is 0 Å². The van der Waals surface area contributed by atoms with Gasteiger partial charge in [0.1, 0.15) is 0 Å². The molecule has 0 amide bonds. The lowest BCUT2D eigenvalue weighted by Gasteiger charge is -2.15. The van der Waals surface area contributed by atoms with Crippen LogP contribution < -0.4 is 5.32 Å². The molecule has 16 heavy (non-hydrogen) atoms. The molecule has 0 fully saturated rings. The predicted octanol–water partition coefficient (Wildman–Crippen LogP) is 2.88. The maximum absolute atomic E-state index is 6.15. The van der Waals surface area contributed by atoms with Gasteiger partial charge in [0.2, 0.25) is 0 Å². The summed E-state index contributed by atoms with van der Waals surface area (Å²) in [5.41, 5.74) is 1.90. The molecule has 0 bridgehead atoms. The maximum atomic E-state index is 6.15. The first-order valence-electron chi connectivity index (χ1n) is 5.47. The highest BCUT2D eigenvalue weighted by Crippen LogP contribution is 2.19. The van der Waals surface area contributed by atoms with Crippen molar-refractivity contribution in [2.75, 3.05) is 0 Å². The fourth-order valence-electron chi connectivity index (χ4n) is 1.71. The number of aromatic nitrogens is 2. The van der Waals surface area contributed by atoms with Gasteiger partial charge in [-0.3, -0.25) is 4.68 Å². The lowest BCUT2D eigenvalue weighted by atomic mass is 10.2. The predicted molar refractivity (Wildman–Crippen MR) is 69.2 cm³/mol. The van der Waals surface area contributed by atoms with Gasteiger partial charge in [0.25, 0.3) is 0 Å². The third-order valence-corrected chi connectivity index (χ3v) is 3.23. The molecule has 0 saturated heterocycles. The Morgan fingerprint density at radius 2 is 2.06 bits per heavy atom. The Morgan fingerprint density at radius 1 is 1.44 bits per heavy atom. The summed E-state index contributed by atoms with van der Waals surface area (Å²) in [7, 11) is 1.91. The van der Waals surface area contributed by atoms with Gasteiger partial charge >= 0.3 is 0 Å². The second-order valence-electron chi connectivity index (χ2n) is 4.27. The lowest BCUT2D eigenvalue weighted by Crippen LogP contribution is -2.28. The van der Waals surface area contributed by atoms with E-state index in [1.807, 2.05) is 25.6 Å². The molecule has 1 rings (SSSR count). The monoisotopic (exact) mass is 263 g/mol. The highest BCUT2D eigenvalue weighted by molar-refractivity contribution is 6.31. The molecule has 0 aliphatic rings. The zero-order valence-corrected chi connectivity index (χ0v) is 11.7. The minimum atomic E-state index is 0.186. The molecule has 2 atom stereocenters. The average Bonchev–Trinajstić information content (AvgIpc) is 2.38. The highest BCUT2D eigenvalue weighted by Gasteiger charge is 2.12. The van der Waals surface area contributed by atoms with E-state index in [0.717, 1.165) is 29.4 Å². The molecule has 2 unspecified atom stereocenters. The van der Waals surface area contributed by atoms with Crippen LogP contribution in [0.2, 0.25) is 5.02 Å². The summed E-state index contributed by atoms with van der Waals surface area (Å²) >= 11 is 12.1. The molecule has 1 aromatic rings. The van der Waals surface area contributed by atoms with Gasteiger partial charge in [0.15, 0.2) is 0 Å². The number of nitrogens with one attached hydrogen (secondary N) is 1. The van der Waals surface area contributed by atoms with E-state index in [9.17, 15) is 0 Å². The van der Waals surface area contributed by atoms with E-state index in [-0.39, 0.29) is 5.38 Å². The Labute approximate surface area is 107 Å². The largest absolute Gasteiger partial charge is 0.309 e. The molecule has 0 aromatic carbocycles. The molecule has 1 aromatic heterocycles. The smallest absolute Gasteiger partial charge is 0.0860 e.